The second kappa shape index (κ2) is 10.4. The number of hydrogen-bond donors (Lipinski definition) is 1. The van der Waals surface area contributed by atoms with E-state index >= 15 is 0 Å². The minimum Gasteiger partial charge on any atom is -0.403 e. The molecule has 6 nitrogen and oxygen atoms in total. The Labute approximate surface area is 183 Å². The number of carbonyl (C=O) groups is 1. The van der Waals surface area contributed by atoms with E-state index in [1.165, 1.54) is 11.8 Å². The average molecular weight is 416 g/mol. The first-order chi connectivity index (χ1) is 15.1. The molecule has 2 N–H and O–H groups in total. The van der Waals surface area contributed by atoms with Gasteiger partial charge in [0.05, 0.1) is 11.4 Å². The van der Waals surface area contributed by atoms with Gasteiger partial charge >= 0.3 is 0 Å². The van der Waals surface area contributed by atoms with E-state index < -0.39 is 0 Å². The predicted octanol–water partition coefficient (Wildman–Crippen LogP) is 4.12. The van der Waals surface area contributed by atoms with E-state index in [1.807, 2.05) is 42.1 Å². The molecule has 0 saturated carbocycles. The number of amides is 1. The zero-order valence-corrected chi connectivity index (χ0v) is 18.3. The van der Waals surface area contributed by atoms with Crippen LogP contribution in [0, 0.1) is 6.92 Å². The lowest BCUT2D eigenvalue weighted by atomic mass is 9.97. The van der Waals surface area contributed by atoms with Gasteiger partial charge in [0, 0.05) is 44.0 Å². The van der Waals surface area contributed by atoms with Crippen molar-refractivity contribution in [1.82, 2.24) is 14.7 Å². The van der Waals surface area contributed by atoms with Gasteiger partial charge in [0.2, 0.25) is 0 Å². The first-order valence-electron chi connectivity index (χ1n) is 10.4. The predicted molar refractivity (Wildman–Crippen MR) is 126 cm³/mol. The lowest BCUT2D eigenvalue weighted by Crippen LogP contribution is -2.32. The second-order valence-electron chi connectivity index (χ2n) is 7.37. The highest BCUT2D eigenvalue weighted by Crippen LogP contribution is 2.20. The molecule has 1 aromatic heterocycles. The number of allylic oxidation sites excluding steroid dienone is 1. The maximum atomic E-state index is 13.3. The quantitative estimate of drug-likeness (QED) is 0.562. The number of carbonyl (C=O) groups excluding carboxylic acids is 1. The molecule has 0 saturated heterocycles. The summed E-state index contributed by atoms with van der Waals surface area (Å²) < 4.78 is 1.83. The third kappa shape index (κ3) is 5.28. The molecule has 31 heavy (non-hydrogen) atoms. The van der Waals surface area contributed by atoms with Crippen molar-refractivity contribution in [1.29, 1.82) is 0 Å². The summed E-state index contributed by atoms with van der Waals surface area (Å²) in [4.78, 5) is 19.0. The Morgan fingerprint density at radius 3 is 2.61 bits per heavy atom. The average Bonchev–Trinajstić information content (AvgIpc) is 3.33. The number of hydrogen-bond acceptors (Lipinski definition) is 4. The Balaban J connectivity index is 1.84. The van der Waals surface area contributed by atoms with E-state index in [0.29, 0.717) is 17.8 Å². The van der Waals surface area contributed by atoms with Crippen LogP contribution in [0.1, 0.15) is 40.4 Å². The number of aromatic nitrogens is 2. The molecule has 1 heterocycles. The van der Waals surface area contributed by atoms with Crippen LogP contribution in [0.15, 0.2) is 77.8 Å². The monoisotopic (exact) mass is 415 g/mol. The van der Waals surface area contributed by atoms with Gasteiger partial charge in [-0.25, -0.2) is 4.68 Å². The zero-order valence-electron chi connectivity index (χ0n) is 18.3. The van der Waals surface area contributed by atoms with E-state index in [4.69, 9.17) is 5.73 Å². The first-order valence-corrected chi connectivity index (χ1v) is 10.4. The minimum absolute atomic E-state index is 0.0752. The molecule has 0 radical (unpaired) electrons. The largest absolute Gasteiger partial charge is 0.403 e. The van der Waals surface area contributed by atoms with Crippen molar-refractivity contribution in [3.05, 3.63) is 95.1 Å². The molecule has 0 bridgehead atoms. The maximum absolute atomic E-state index is 13.3. The molecule has 160 valence electrons. The highest BCUT2D eigenvalue weighted by Gasteiger charge is 2.19. The molecule has 2 aromatic carbocycles. The van der Waals surface area contributed by atoms with Gasteiger partial charge < -0.3 is 10.6 Å². The van der Waals surface area contributed by atoms with Gasteiger partial charge in [0.25, 0.3) is 5.91 Å². The Morgan fingerprint density at radius 2 is 2.00 bits per heavy atom. The third-order valence-electron chi connectivity index (χ3n) is 5.13. The number of rotatable bonds is 8. The van der Waals surface area contributed by atoms with Gasteiger partial charge in [-0.15, -0.1) is 0 Å². The smallest absolute Gasteiger partial charge is 0.258 e. The van der Waals surface area contributed by atoms with E-state index in [9.17, 15) is 4.79 Å². The summed E-state index contributed by atoms with van der Waals surface area (Å²) in [6, 6.07) is 16.1. The van der Waals surface area contributed by atoms with Gasteiger partial charge in [0.15, 0.2) is 0 Å². The lowest BCUT2D eigenvalue weighted by molar-refractivity contribution is 0.0814. The van der Waals surface area contributed by atoms with E-state index in [2.05, 4.69) is 41.3 Å². The van der Waals surface area contributed by atoms with Crippen LogP contribution in [0.3, 0.4) is 0 Å². The van der Waals surface area contributed by atoms with E-state index in [1.54, 1.807) is 24.4 Å². The summed E-state index contributed by atoms with van der Waals surface area (Å²) in [6.45, 7) is 4.68. The van der Waals surface area contributed by atoms with Crippen molar-refractivity contribution in [3.8, 4) is 5.69 Å². The second-order valence-corrected chi connectivity index (χ2v) is 7.37. The fraction of sp³-hybridized carbons (Fsp3) is 0.240. The Hall–Kier alpha value is -3.67. The molecule has 1 amide bonds. The van der Waals surface area contributed by atoms with Crippen LogP contribution in [0.2, 0.25) is 0 Å². The Bertz CT molecular complexity index is 1070. The highest BCUT2D eigenvalue weighted by molar-refractivity contribution is 5.99. The van der Waals surface area contributed by atoms with Crippen LogP contribution in [0.4, 0.5) is 0 Å². The van der Waals surface area contributed by atoms with Crippen LogP contribution in [-0.4, -0.2) is 40.4 Å². The fourth-order valence-electron chi connectivity index (χ4n) is 3.47. The Kier molecular flexibility index (Phi) is 7.38. The van der Waals surface area contributed by atoms with Gasteiger partial charge in [-0.3, -0.25) is 9.79 Å². The first kappa shape index (κ1) is 22.0. The summed E-state index contributed by atoms with van der Waals surface area (Å²) in [5.74, 6) is -0.0752. The highest BCUT2D eigenvalue weighted by atomic mass is 16.2. The van der Waals surface area contributed by atoms with E-state index in [-0.39, 0.29) is 5.91 Å². The topological polar surface area (TPSA) is 76.5 Å². The van der Waals surface area contributed by atoms with Gasteiger partial charge in [-0.05, 0) is 66.8 Å². The summed E-state index contributed by atoms with van der Waals surface area (Å²) in [7, 11) is 1.67. The van der Waals surface area contributed by atoms with Gasteiger partial charge in [-0.1, -0.05) is 25.1 Å². The third-order valence-corrected chi connectivity index (χ3v) is 5.13. The van der Waals surface area contributed by atoms with Crippen LogP contribution in [0.5, 0.6) is 0 Å². The molecular formula is C25H29N5O. The summed E-state index contributed by atoms with van der Waals surface area (Å²) >= 11 is 0. The fourth-order valence-corrected chi connectivity index (χ4v) is 3.47. The molecule has 0 unspecified atom stereocenters. The molecule has 0 aliphatic heterocycles. The molecule has 0 atom stereocenters. The van der Waals surface area contributed by atoms with Gasteiger partial charge in [-0.2, -0.15) is 5.10 Å². The van der Waals surface area contributed by atoms with Crippen molar-refractivity contribution < 1.29 is 4.79 Å². The number of aliphatic imine (C=N–C) groups is 1. The van der Waals surface area contributed by atoms with Crippen LogP contribution < -0.4 is 5.73 Å². The van der Waals surface area contributed by atoms with Crippen molar-refractivity contribution >= 4 is 12.1 Å². The molecule has 0 fully saturated rings. The summed E-state index contributed by atoms with van der Waals surface area (Å²) in [6.07, 6.45) is 8.29. The summed E-state index contributed by atoms with van der Waals surface area (Å²) in [5, 5.41) is 4.26. The van der Waals surface area contributed by atoms with Crippen LogP contribution in [0.25, 0.3) is 5.69 Å². The number of nitrogens with zero attached hydrogens (tertiary/aromatic N) is 4. The standard InChI is InChI=1S/C25H29N5O/c1-4-13-29(24(17-26)18-27-3)25(31)21-9-6-19(2)22(16-21)15-20-7-10-23(11-8-20)30-14-5-12-28-30/h5-12,14,16-18H,4,13,15,26H2,1-3H3/b24-17+,27-18?. The number of aryl methyl sites for hydroxylation is 1. The van der Waals surface area contributed by atoms with Crippen molar-refractivity contribution in [2.24, 2.45) is 10.7 Å². The molecule has 0 spiro atoms. The van der Waals surface area contributed by atoms with Crippen LogP contribution >= 0.6 is 0 Å². The zero-order chi connectivity index (χ0) is 22.2. The molecule has 0 aliphatic carbocycles. The van der Waals surface area contributed by atoms with Gasteiger partial charge in [0.1, 0.15) is 0 Å². The summed E-state index contributed by atoms with van der Waals surface area (Å²) in [5.41, 5.74) is 11.5. The van der Waals surface area contributed by atoms with Crippen molar-refractivity contribution in [2.75, 3.05) is 13.6 Å². The van der Waals surface area contributed by atoms with Crippen LogP contribution in [-0.2, 0) is 6.42 Å². The molecular weight excluding hydrogens is 386 g/mol. The Morgan fingerprint density at radius 1 is 1.23 bits per heavy atom. The molecule has 0 aliphatic rings. The lowest BCUT2D eigenvalue weighted by Gasteiger charge is -2.23. The van der Waals surface area contributed by atoms with E-state index in [0.717, 1.165) is 29.7 Å². The molecule has 6 heteroatoms. The number of benzene rings is 2. The SMILES string of the molecule is CCCN(C(=O)c1ccc(C)c(Cc2ccc(-n3cccn3)cc2)c1)/C(C=NC)=C/N. The normalized spacial score (nSPS) is 11.8. The number of nitrogens with two attached hydrogens (primary N) is 1. The molecule has 3 rings (SSSR count). The van der Waals surface area contributed by atoms with Crippen molar-refractivity contribution in [3.63, 3.8) is 0 Å². The molecule has 3 aromatic rings. The minimum atomic E-state index is -0.0752. The maximum Gasteiger partial charge on any atom is 0.258 e. The van der Waals surface area contributed by atoms with Crippen molar-refractivity contribution in [2.45, 2.75) is 26.7 Å².